The summed E-state index contributed by atoms with van der Waals surface area (Å²) < 4.78 is 10.7. The van der Waals surface area contributed by atoms with E-state index in [9.17, 15) is 9.59 Å². The van der Waals surface area contributed by atoms with Crippen LogP contribution in [0.25, 0.3) is 6.08 Å². The summed E-state index contributed by atoms with van der Waals surface area (Å²) in [6, 6.07) is 10.0. The smallest absolute Gasteiger partial charge is 0.291 e. The van der Waals surface area contributed by atoms with E-state index >= 15 is 0 Å². The zero-order valence-electron chi connectivity index (χ0n) is 13.4. The molecule has 0 aliphatic carbocycles. The van der Waals surface area contributed by atoms with Crippen LogP contribution in [-0.4, -0.2) is 37.2 Å². The van der Waals surface area contributed by atoms with E-state index in [4.69, 9.17) is 14.3 Å². The maximum Gasteiger partial charge on any atom is 0.291 e. The van der Waals surface area contributed by atoms with Crippen molar-refractivity contribution >= 4 is 33.8 Å². The number of halogens is 1. The van der Waals surface area contributed by atoms with Gasteiger partial charge in [-0.15, -0.1) is 0 Å². The van der Waals surface area contributed by atoms with Gasteiger partial charge in [0.2, 0.25) is 0 Å². The number of carbonyl (C=O) groups is 2. The van der Waals surface area contributed by atoms with Crippen LogP contribution in [0.4, 0.5) is 0 Å². The molecule has 0 aliphatic rings. The average molecular weight is 409 g/mol. The van der Waals surface area contributed by atoms with Crippen molar-refractivity contribution in [2.24, 2.45) is 0 Å². The average Bonchev–Trinajstić information content (AvgIpc) is 3.06. The summed E-state index contributed by atoms with van der Waals surface area (Å²) >= 11 is 3.12. The predicted molar refractivity (Wildman–Crippen MR) is 94.9 cm³/mol. The van der Waals surface area contributed by atoms with E-state index in [-0.39, 0.29) is 24.6 Å². The molecule has 1 aromatic carbocycles. The maximum atomic E-state index is 12.2. The Morgan fingerprint density at radius 1 is 1.24 bits per heavy atom. The van der Waals surface area contributed by atoms with Crippen LogP contribution in [0, 0.1) is 0 Å². The molecule has 0 fully saturated rings. The van der Waals surface area contributed by atoms with Crippen LogP contribution in [0.2, 0.25) is 0 Å². The topological polar surface area (TPSA) is 101 Å². The fourth-order valence-electron chi connectivity index (χ4n) is 1.91. The summed E-state index contributed by atoms with van der Waals surface area (Å²) in [6.07, 6.45) is 1.52. The minimum absolute atomic E-state index is 0.0242. The number of nitrogens with one attached hydrogen (secondary N) is 2. The minimum Gasteiger partial charge on any atom is -0.497 e. The van der Waals surface area contributed by atoms with Gasteiger partial charge in [-0.3, -0.25) is 9.59 Å². The zero-order valence-corrected chi connectivity index (χ0v) is 15.0. The highest BCUT2D eigenvalue weighted by atomic mass is 79.9. The number of ether oxygens (including phenoxy) is 1. The molecule has 0 aliphatic heterocycles. The number of carbonyl (C=O) groups excluding carboxylic acids is 2. The molecular weight excluding hydrogens is 392 g/mol. The molecule has 1 heterocycles. The molecule has 8 heteroatoms. The number of aliphatic hydroxyl groups excluding tert-OH is 1. The van der Waals surface area contributed by atoms with E-state index < -0.39 is 11.8 Å². The van der Waals surface area contributed by atoms with E-state index in [1.54, 1.807) is 37.4 Å². The van der Waals surface area contributed by atoms with Crippen molar-refractivity contribution in [3.63, 3.8) is 0 Å². The number of furan rings is 1. The lowest BCUT2D eigenvalue weighted by atomic mass is 10.1. The number of amides is 2. The summed E-state index contributed by atoms with van der Waals surface area (Å²) in [5, 5.41) is 13.9. The van der Waals surface area contributed by atoms with Gasteiger partial charge in [0.05, 0.1) is 13.7 Å². The van der Waals surface area contributed by atoms with E-state index in [1.807, 2.05) is 0 Å². The van der Waals surface area contributed by atoms with Gasteiger partial charge in [-0.2, -0.15) is 0 Å². The normalized spacial score (nSPS) is 11.1. The van der Waals surface area contributed by atoms with Crippen LogP contribution in [0.1, 0.15) is 16.1 Å². The molecule has 0 bridgehead atoms. The third-order valence-corrected chi connectivity index (χ3v) is 3.54. The quantitative estimate of drug-likeness (QED) is 0.607. The molecule has 2 rings (SSSR count). The van der Waals surface area contributed by atoms with Crippen LogP contribution in [0.5, 0.6) is 5.75 Å². The van der Waals surface area contributed by atoms with Crippen molar-refractivity contribution in [3.8, 4) is 5.75 Å². The number of hydrogen-bond donors (Lipinski definition) is 3. The van der Waals surface area contributed by atoms with E-state index in [0.717, 1.165) is 0 Å². The number of hydrogen-bond acceptors (Lipinski definition) is 5. The SMILES string of the molecule is COc1ccc(C=C(NC(=O)c2ccc(Br)o2)C(=O)NCCO)cc1. The van der Waals surface area contributed by atoms with Gasteiger partial charge in [-0.05, 0) is 51.8 Å². The summed E-state index contributed by atoms with van der Waals surface area (Å²) in [4.78, 5) is 24.5. The lowest BCUT2D eigenvalue weighted by Gasteiger charge is -2.10. The molecule has 0 saturated carbocycles. The van der Waals surface area contributed by atoms with Gasteiger partial charge < -0.3 is 24.9 Å². The van der Waals surface area contributed by atoms with Gasteiger partial charge in [-0.25, -0.2) is 0 Å². The first-order valence-electron chi connectivity index (χ1n) is 7.35. The minimum atomic E-state index is -0.565. The molecule has 2 aromatic rings. The lowest BCUT2D eigenvalue weighted by Crippen LogP contribution is -2.36. The molecule has 2 amide bonds. The Balaban J connectivity index is 2.23. The highest BCUT2D eigenvalue weighted by Gasteiger charge is 2.16. The van der Waals surface area contributed by atoms with Crippen molar-refractivity contribution in [1.82, 2.24) is 10.6 Å². The fourth-order valence-corrected chi connectivity index (χ4v) is 2.22. The maximum absolute atomic E-state index is 12.2. The van der Waals surface area contributed by atoms with E-state index in [1.165, 1.54) is 12.1 Å². The van der Waals surface area contributed by atoms with Crippen molar-refractivity contribution in [1.29, 1.82) is 0 Å². The predicted octanol–water partition coefficient (Wildman–Crippen LogP) is 1.93. The molecule has 0 saturated heterocycles. The third kappa shape index (κ3) is 5.47. The van der Waals surface area contributed by atoms with E-state index in [2.05, 4.69) is 26.6 Å². The molecule has 7 nitrogen and oxygen atoms in total. The van der Waals surface area contributed by atoms with E-state index in [0.29, 0.717) is 16.0 Å². The second-order valence-corrected chi connectivity index (χ2v) is 5.65. The highest BCUT2D eigenvalue weighted by Crippen LogP contribution is 2.16. The Bertz CT molecular complexity index is 768. The van der Waals surface area contributed by atoms with Crippen LogP contribution in [0.15, 0.2) is 51.2 Å². The fraction of sp³-hybridized carbons (Fsp3) is 0.176. The van der Waals surface area contributed by atoms with Crippen LogP contribution in [0.3, 0.4) is 0 Å². The summed E-state index contributed by atoms with van der Waals surface area (Å²) in [7, 11) is 1.56. The molecule has 0 radical (unpaired) electrons. The van der Waals surface area contributed by atoms with Crippen molar-refractivity contribution in [2.75, 3.05) is 20.3 Å². The first kappa shape index (κ1) is 18.8. The van der Waals surface area contributed by atoms with Crippen LogP contribution >= 0.6 is 15.9 Å². The van der Waals surface area contributed by atoms with Crippen molar-refractivity contribution < 1.29 is 23.8 Å². The zero-order chi connectivity index (χ0) is 18.2. The van der Waals surface area contributed by atoms with Gasteiger partial charge in [0.1, 0.15) is 11.4 Å². The first-order chi connectivity index (χ1) is 12.0. The van der Waals surface area contributed by atoms with Gasteiger partial charge in [0.15, 0.2) is 10.4 Å². The Kier molecular flexibility index (Phi) is 6.79. The second kappa shape index (κ2) is 9.05. The molecule has 0 unspecified atom stereocenters. The number of benzene rings is 1. The summed E-state index contributed by atoms with van der Waals surface area (Å²) in [5.74, 6) is -0.358. The van der Waals surface area contributed by atoms with Crippen molar-refractivity contribution in [3.05, 3.63) is 58.1 Å². The largest absolute Gasteiger partial charge is 0.497 e. The molecule has 132 valence electrons. The third-order valence-electron chi connectivity index (χ3n) is 3.11. The number of aliphatic hydroxyl groups is 1. The molecular formula is C17H17BrN2O5. The Morgan fingerprint density at radius 3 is 2.52 bits per heavy atom. The Hall–Kier alpha value is -2.58. The highest BCUT2D eigenvalue weighted by molar-refractivity contribution is 9.10. The molecule has 3 N–H and O–H groups in total. The standard InChI is InChI=1S/C17H17BrN2O5/c1-24-12-4-2-11(3-5-12)10-13(16(22)19-8-9-21)20-17(23)14-6-7-15(18)25-14/h2-7,10,21H,8-9H2,1H3,(H,19,22)(H,20,23). The summed E-state index contributed by atoms with van der Waals surface area (Å²) in [5.41, 5.74) is 0.715. The number of methoxy groups -OCH3 is 1. The Morgan fingerprint density at radius 2 is 1.96 bits per heavy atom. The van der Waals surface area contributed by atoms with Gasteiger partial charge in [0.25, 0.3) is 11.8 Å². The Labute approximate surface area is 152 Å². The lowest BCUT2D eigenvalue weighted by molar-refractivity contribution is -0.117. The molecule has 25 heavy (non-hydrogen) atoms. The van der Waals surface area contributed by atoms with Gasteiger partial charge >= 0.3 is 0 Å². The summed E-state index contributed by atoms with van der Waals surface area (Å²) in [6.45, 7) is -0.137. The first-order valence-corrected chi connectivity index (χ1v) is 8.14. The molecule has 0 atom stereocenters. The van der Waals surface area contributed by atoms with Gasteiger partial charge in [-0.1, -0.05) is 12.1 Å². The van der Waals surface area contributed by atoms with Crippen molar-refractivity contribution in [2.45, 2.75) is 0 Å². The monoisotopic (exact) mass is 408 g/mol. The molecule has 1 aromatic heterocycles. The van der Waals surface area contributed by atoms with Gasteiger partial charge in [0, 0.05) is 6.54 Å². The molecule has 0 spiro atoms. The second-order valence-electron chi connectivity index (χ2n) is 4.87. The number of rotatable bonds is 7. The van der Waals surface area contributed by atoms with Crippen LogP contribution in [-0.2, 0) is 4.79 Å². The van der Waals surface area contributed by atoms with Crippen LogP contribution < -0.4 is 15.4 Å².